The van der Waals surface area contributed by atoms with E-state index in [-0.39, 0.29) is 0 Å². The molecule has 2 aromatic heterocycles. The van der Waals surface area contributed by atoms with Crippen molar-refractivity contribution in [3.05, 3.63) is 41.5 Å². The van der Waals surface area contributed by atoms with E-state index in [4.69, 9.17) is 5.26 Å². The van der Waals surface area contributed by atoms with Crippen LogP contribution in [-0.4, -0.2) is 9.55 Å². The zero-order valence-corrected chi connectivity index (χ0v) is 11.6. The summed E-state index contributed by atoms with van der Waals surface area (Å²) in [5.74, 6) is 0. The third kappa shape index (κ3) is 1.92. The third-order valence-electron chi connectivity index (χ3n) is 3.17. The first-order chi connectivity index (χ1) is 9.20. The van der Waals surface area contributed by atoms with Gasteiger partial charge in [-0.05, 0) is 38.1 Å². The normalized spacial score (nSPS) is 11.1. The highest BCUT2D eigenvalue weighted by atomic mass is 32.1. The van der Waals surface area contributed by atoms with Crippen LogP contribution in [0.2, 0.25) is 0 Å². The Balaban J connectivity index is 2.33. The number of hydrogen-bond acceptors (Lipinski definition) is 3. The number of aromatic nitrogens is 2. The monoisotopic (exact) mass is 267 g/mol. The van der Waals surface area contributed by atoms with Crippen LogP contribution in [0.25, 0.3) is 21.5 Å². The molecule has 0 amide bonds. The van der Waals surface area contributed by atoms with Crippen molar-refractivity contribution in [1.29, 1.82) is 5.26 Å². The average Bonchev–Trinajstić information content (AvgIpc) is 3.04. The van der Waals surface area contributed by atoms with Gasteiger partial charge in [0.25, 0.3) is 0 Å². The Bertz CT molecular complexity index is 761. The van der Waals surface area contributed by atoms with Crippen molar-refractivity contribution in [3.8, 4) is 16.6 Å². The number of fused-ring (bicyclic) bond motifs is 1. The molecule has 94 valence electrons. The van der Waals surface area contributed by atoms with Crippen molar-refractivity contribution < 1.29 is 0 Å². The van der Waals surface area contributed by atoms with Crippen molar-refractivity contribution >= 4 is 22.2 Å². The Kier molecular flexibility index (Phi) is 2.84. The molecular weight excluding hydrogens is 254 g/mol. The minimum atomic E-state index is 0.363. The van der Waals surface area contributed by atoms with Crippen LogP contribution in [0.1, 0.15) is 25.5 Å². The third-order valence-corrected chi connectivity index (χ3v) is 3.96. The molecule has 0 radical (unpaired) electrons. The van der Waals surface area contributed by atoms with Gasteiger partial charge in [0.05, 0.1) is 27.7 Å². The van der Waals surface area contributed by atoms with E-state index in [9.17, 15) is 0 Å². The lowest BCUT2D eigenvalue weighted by atomic mass is 10.2. The van der Waals surface area contributed by atoms with E-state index >= 15 is 0 Å². The zero-order chi connectivity index (χ0) is 13.4. The first-order valence-electron chi connectivity index (χ1n) is 6.14. The van der Waals surface area contributed by atoms with Crippen LogP contribution in [0.3, 0.4) is 0 Å². The predicted octanol–water partition coefficient (Wildman–Crippen LogP) is 4.22. The minimum Gasteiger partial charge on any atom is -0.337 e. The zero-order valence-electron chi connectivity index (χ0n) is 10.8. The minimum absolute atomic E-state index is 0.363. The summed E-state index contributed by atoms with van der Waals surface area (Å²) in [7, 11) is 0. The summed E-state index contributed by atoms with van der Waals surface area (Å²) >= 11 is 1.64. The Hall–Kier alpha value is -2.12. The van der Waals surface area contributed by atoms with E-state index in [1.54, 1.807) is 11.3 Å². The molecule has 0 spiro atoms. The topological polar surface area (TPSA) is 41.6 Å². The molecule has 0 aliphatic carbocycles. The lowest BCUT2D eigenvalue weighted by molar-refractivity contribution is 0.629. The average molecular weight is 267 g/mol. The number of nitrogens with zero attached hydrogens (tertiary/aromatic N) is 3. The number of rotatable bonds is 2. The first-order valence-corrected chi connectivity index (χ1v) is 7.02. The molecule has 0 bridgehead atoms. The molecule has 1 aromatic carbocycles. The molecular formula is C15H13N3S. The lowest BCUT2D eigenvalue weighted by Crippen LogP contribution is -2.01. The van der Waals surface area contributed by atoms with Crippen molar-refractivity contribution in [3.63, 3.8) is 0 Å². The molecule has 0 atom stereocenters. The Morgan fingerprint density at radius 1 is 1.32 bits per heavy atom. The highest BCUT2D eigenvalue weighted by molar-refractivity contribution is 7.13. The van der Waals surface area contributed by atoms with Crippen molar-refractivity contribution in [1.82, 2.24) is 9.55 Å². The molecule has 0 saturated heterocycles. The van der Waals surface area contributed by atoms with E-state index in [0.29, 0.717) is 11.6 Å². The van der Waals surface area contributed by atoms with Crippen LogP contribution in [-0.2, 0) is 0 Å². The maximum atomic E-state index is 9.00. The van der Waals surface area contributed by atoms with E-state index in [1.807, 2.05) is 29.9 Å². The van der Waals surface area contributed by atoms with Crippen LogP contribution >= 0.6 is 11.3 Å². The summed E-state index contributed by atoms with van der Waals surface area (Å²) in [6, 6.07) is 10.5. The largest absolute Gasteiger partial charge is 0.337 e. The van der Waals surface area contributed by atoms with Crippen LogP contribution in [0.15, 0.2) is 36.0 Å². The van der Waals surface area contributed by atoms with Crippen LogP contribution < -0.4 is 0 Å². The fourth-order valence-electron chi connectivity index (χ4n) is 2.39. The van der Waals surface area contributed by atoms with Gasteiger partial charge in [-0.15, -0.1) is 11.3 Å². The van der Waals surface area contributed by atoms with Crippen molar-refractivity contribution in [2.45, 2.75) is 19.9 Å². The fraction of sp³-hybridized carbons (Fsp3) is 0.200. The lowest BCUT2D eigenvalue weighted by Gasteiger charge is -2.13. The van der Waals surface area contributed by atoms with Crippen LogP contribution in [0.4, 0.5) is 0 Å². The van der Waals surface area contributed by atoms with Gasteiger partial charge in [-0.25, -0.2) is 0 Å². The number of nitriles is 1. The molecule has 4 heteroatoms. The summed E-state index contributed by atoms with van der Waals surface area (Å²) in [6.07, 6.45) is 1.89. The van der Waals surface area contributed by atoms with Gasteiger partial charge in [-0.1, -0.05) is 0 Å². The van der Waals surface area contributed by atoms with Crippen LogP contribution in [0.5, 0.6) is 0 Å². The first kappa shape index (κ1) is 11.9. The van der Waals surface area contributed by atoms with Crippen LogP contribution in [0, 0.1) is 11.3 Å². The van der Waals surface area contributed by atoms with Gasteiger partial charge < -0.3 is 4.57 Å². The second-order valence-corrected chi connectivity index (χ2v) is 5.63. The summed E-state index contributed by atoms with van der Waals surface area (Å²) < 4.78 is 2.30. The maximum Gasteiger partial charge on any atom is 0.0991 e. The molecule has 2 heterocycles. The molecule has 0 saturated carbocycles. The Labute approximate surface area is 115 Å². The SMILES string of the molecule is CC(C)n1c(-c2cncs2)cc2cc(C#N)ccc21. The number of hydrogen-bond donors (Lipinski definition) is 0. The van der Waals surface area contributed by atoms with E-state index in [1.165, 1.54) is 5.69 Å². The summed E-state index contributed by atoms with van der Waals surface area (Å²) in [6.45, 7) is 4.34. The maximum absolute atomic E-state index is 9.00. The Morgan fingerprint density at radius 3 is 2.79 bits per heavy atom. The van der Waals surface area contributed by atoms with E-state index < -0.39 is 0 Å². The van der Waals surface area contributed by atoms with Gasteiger partial charge in [0, 0.05) is 23.1 Å². The van der Waals surface area contributed by atoms with Gasteiger partial charge >= 0.3 is 0 Å². The van der Waals surface area contributed by atoms with Crippen molar-refractivity contribution in [2.75, 3.05) is 0 Å². The summed E-state index contributed by atoms with van der Waals surface area (Å²) in [5, 5.41) is 10.1. The number of thiazole rings is 1. The molecule has 0 N–H and O–H groups in total. The molecule has 3 nitrogen and oxygen atoms in total. The standard InChI is InChI=1S/C15H13N3S/c1-10(2)18-13-4-3-11(7-16)5-12(13)6-14(18)15-8-17-9-19-15/h3-6,8-10H,1-2H3. The summed E-state index contributed by atoms with van der Waals surface area (Å²) in [4.78, 5) is 5.31. The second-order valence-electron chi connectivity index (χ2n) is 4.74. The quantitative estimate of drug-likeness (QED) is 0.697. The fourth-order valence-corrected chi connectivity index (χ4v) is 3.03. The van der Waals surface area contributed by atoms with Gasteiger partial charge in [-0.3, -0.25) is 4.98 Å². The molecule has 0 unspecified atom stereocenters. The van der Waals surface area contributed by atoms with E-state index in [2.05, 4.69) is 35.5 Å². The highest BCUT2D eigenvalue weighted by Gasteiger charge is 2.14. The Morgan fingerprint density at radius 2 is 2.16 bits per heavy atom. The molecule has 0 fully saturated rings. The molecule has 19 heavy (non-hydrogen) atoms. The number of benzene rings is 1. The van der Waals surface area contributed by atoms with Gasteiger partial charge in [-0.2, -0.15) is 5.26 Å². The highest BCUT2D eigenvalue weighted by Crippen LogP contribution is 2.33. The van der Waals surface area contributed by atoms with Gasteiger partial charge in [0.1, 0.15) is 0 Å². The van der Waals surface area contributed by atoms with Gasteiger partial charge in [0.15, 0.2) is 0 Å². The molecule has 3 rings (SSSR count). The smallest absolute Gasteiger partial charge is 0.0991 e. The summed E-state index contributed by atoms with van der Waals surface area (Å²) in [5.41, 5.74) is 4.88. The predicted molar refractivity (Wildman–Crippen MR) is 78.1 cm³/mol. The van der Waals surface area contributed by atoms with Crippen molar-refractivity contribution in [2.24, 2.45) is 0 Å². The molecule has 0 aliphatic heterocycles. The van der Waals surface area contributed by atoms with E-state index in [0.717, 1.165) is 15.8 Å². The molecule has 0 aliphatic rings. The molecule has 3 aromatic rings. The second kappa shape index (κ2) is 4.52. The van der Waals surface area contributed by atoms with Gasteiger partial charge in [0.2, 0.25) is 0 Å².